The van der Waals surface area contributed by atoms with Crippen LogP contribution < -0.4 is 0 Å². The first-order chi connectivity index (χ1) is 6.55. The van der Waals surface area contributed by atoms with E-state index in [1.807, 2.05) is 12.3 Å². The van der Waals surface area contributed by atoms with Crippen LogP contribution in [-0.2, 0) is 5.41 Å². The highest BCUT2D eigenvalue weighted by atomic mass is 16.3. The summed E-state index contributed by atoms with van der Waals surface area (Å²) in [7, 11) is 0. The molecule has 0 aromatic carbocycles. The highest BCUT2D eigenvalue weighted by Gasteiger charge is 2.68. The molecule has 0 radical (unpaired) electrons. The third kappa shape index (κ3) is 0.976. The molecule has 1 aromatic rings. The summed E-state index contributed by atoms with van der Waals surface area (Å²) >= 11 is 0. The molecule has 2 unspecified atom stereocenters. The van der Waals surface area contributed by atoms with Crippen LogP contribution in [-0.4, -0.2) is 16.7 Å². The van der Waals surface area contributed by atoms with Gasteiger partial charge in [0.2, 0.25) is 0 Å². The van der Waals surface area contributed by atoms with Crippen LogP contribution in [0.1, 0.15) is 26.3 Å². The van der Waals surface area contributed by atoms with E-state index in [0.29, 0.717) is 5.92 Å². The van der Waals surface area contributed by atoms with Crippen LogP contribution in [0.25, 0.3) is 0 Å². The van der Waals surface area contributed by atoms with Gasteiger partial charge in [-0.3, -0.25) is 4.98 Å². The lowest BCUT2D eigenvalue weighted by molar-refractivity contribution is 0.254. The predicted molar refractivity (Wildman–Crippen MR) is 55.9 cm³/mol. The molecule has 0 amide bonds. The maximum atomic E-state index is 9.32. The summed E-state index contributed by atoms with van der Waals surface area (Å²) in [5, 5.41) is 9.32. The molecule has 1 aromatic heterocycles. The van der Waals surface area contributed by atoms with Crippen molar-refractivity contribution in [3.05, 3.63) is 30.1 Å². The van der Waals surface area contributed by atoms with Crippen LogP contribution in [0, 0.1) is 11.3 Å². The average molecular weight is 191 g/mol. The van der Waals surface area contributed by atoms with E-state index >= 15 is 0 Å². The Labute approximate surface area is 85.0 Å². The summed E-state index contributed by atoms with van der Waals surface area (Å²) in [6.45, 7) is 6.89. The zero-order valence-electron chi connectivity index (χ0n) is 8.99. The second-order valence-electron chi connectivity index (χ2n) is 4.90. The van der Waals surface area contributed by atoms with Crippen LogP contribution >= 0.6 is 0 Å². The SMILES string of the molecule is CC1(C)C(CO)C1(C)c1cccnc1. The van der Waals surface area contributed by atoms with E-state index in [9.17, 15) is 5.11 Å². The smallest absolute Gasteiger partial charge is 0.0473 e. The van der Waals surface area contributed by atoms with Crippen LogP contribution in [0.3, 0.4) is 0 Å². The second-order valence-corrected chi connectivity index (χ2v) is 4.90. The van der Waals surface area contributed by atoms with Crippen molar-refractivity contribution < 1.29 is 5.11 Å². The standard InChI is InChI=1S/C12H17NO/c1-11(2)10(8-14)12(11,3)9-5-4-6-13-7-9/h4-7,10,14H,8H2,1-3H3. The number of rotatable bonds is 2. The van der Waals surface area contributed by atoms with Crippen molar-refractivity contribution in [1.29, 1.82) is 0 Å². The molecule has 76 valence electrons. The molecule has 2 rings (SSSR count). The Balaban J connectivity index is 2.37. The van der Waals surface area contributed by atoms with Gasteiger partial charge in [0.25, 0.3) is 0 Å². The van der Waals surface area contributed by atoms with Crippen molar-refractivity contribution in [3.8, 4) is 0 Å². The first-order valence-corrected chi connectivity index (χ1v) is 5.06. The molecular weight excluding hydrogens is 174 g/mol. The fraction of sp³-hybridized carbons (Fsp3) is 0.583. The van der Waals surface area contributed by atoms with Crippen molar-refractivity contribution >= 4 is 0 Å². The number of aromatic nitrogens is 1. The Bertz CT molecular complexity index is 333. The van der Waals surface area contributed by atoms with Gasteiger partial charge in [-0.25, -0.2) is 0 Å². The molecule has 0 saturated heterocycles. The topological polar surface area (TPSA) is 33.1 Å². The van der Waals surface area contributed by atoms with Gasteiger partial charge >= 0.3 is 0 Å². The monoisotopic (exact) mass is 191 g/mol. The summed E-state index contributed by atoms with van der Waals surface area (Å²) in [6.07, 6.45) is 3.70. The van der Waals surface area contributed by atoms with Crippen LogP contribution in [0.5, 0.6) is 0 Å². The second kappa shape index (κ2) is 2.80. The summed E-state index contributed by atoms with van der Waals surface area (Å²) in [5.41, 5.74) is 1.52. The summed E-state index contributed by atoms with van der Waals surface area (Å²) in [4.78, 5) is 4.14. The van der Waals surface area contributed by atoms with Crippen molar-refractivity contribution in [1.82, 2.24) is 4.98 Å². The Hall–Kier alpha value is -0.890. The molecular formula is C12H17NO. The van der Waals surface area contributed by atoms with Gasteiger partial charge in [0, 0.05) is 24.4 Å². The third-order valence-electron chi connectivity index (χ3n) is 4.27. The molecule has 1 aliphatic rings. The predicted octanol–water partition coefficient (Wildman–Crippen LogP) is 1.99. The first-order valence-electron chi connectivity index (χ1n) is 5.06. The van der Waals surface area contributed by atoms with Gasteiger partial charge in [-0.15, -0.1) is 0 Å². The van der Waals surface area contributed by atoms with Gasteiger partial charge in [-0.05, 0) is 23.0 Å². The lowest BCUT2D eigenvalue weighted by Crippen LogP contribution is -2.10. The molecule has 1 saturated carbocycles. The van der Waals surface area contributed by atoms with Crippen molar-refractivity contribution in [2.45, 2.75) is 26.2 Å². The number of nitrogens with zero attached hydrogens (tertiary/aromatic N) is 1. The van der Waals surface area contributed by atoms with Crippen LogP contribution in [0.15, 0.2) is 24.5 Å². The number of aliphatic hydroxyl groups excluding tert-OH is 1. The lowest BCUT2D eigenvalue weighted by Gasteiger charge is -2.14. The summed E-state index contributed by atoms with van der Waals surface area (Å²) in [6, 6.07) is 4.06. The molecule has 1 N–H and O–H groups in total. The number of aliphatic hydroxyl groups is 1. The van der Waals surface area contributed by atoms with E-state index in [4.69, 9.17) is 0 Å². The minimum absolute atomic E-state index is 0.0933. The molecule has 0 bridgehead atoms. The molecule has 2 heteroatoms. The zero-order valence-corrected chi connectivity index (χ0v) is 8.99. The highest BCUT2D eigenvalue weighted by Crippen LogP contribution is 2.68. The summed E-state index contributed by atoms with van der Waals surface area (Å²) in [5.74, 6) is 0.360. The summed E-state index contributed by atoms with van der Waals surface area (Å²) < 4.78 is 0. The Morgan fingerprint density at radius 2 is 2.14 bits per heavy atom. The largest absolute Gasteiger partial charge is 0.396 e. The Morgan fingerprint density at radius 1 is 1.43 bits per heavy atom. The quantitative estimate of drug-likeness (QED) is 0.775. The third-order valence-corrected chi connectivity index (χ3v) is 4.27. The lowest BCUT2D eigenvalue weighted by atomic mass is 9.91. The van der Waals surface area contributed by atoms with Crippen LogP contribution in [0.2, 0.25) is 0 Å². The van der Waals surface area contributed by atoms with E-state index < -0.39 is 0 Å². The van der Waals surface area contributed by atoms with Crippen LogP contribution in [0.4, 0.5) is 0 Å². The molecule has 2 nitrogen and oxygen atoms in total. The molecule has 1 fully saturated rings. The Morgan fingerprint density at radius 3 is 2.57 bits per heavy atom. The maximum Gasteiger partial charge on any atom is 0.0473 e. The van der Waals surface area contributed by atoms with Crippen molar-refractivity contribution in [3.63, 3.8) is 0 Å². The molecule has 1 aliphatic carbocycles. The molecule has 14 heavy (non-hydrogen) atoms. The first kappa shape index (κ1) is 9.66. The highest BCUT2D eigenvalue weighted by molar-refractivity contribution is 5.37. The van der Waals surface area contributed by atoms with Gasteiger partial charge in [0.15, 0.2) is 0 Å². The minimum atomic E-state index is 0.0933. The fourth-order valence-corrected chi connectivity index (χ4v) is 2.76. The van der Waals surface area contributed by atoms with E-state index in [1.165, 1.54) is 5.56 Å². The van der Waals surface area contributed by atoms with Gasteiger partial charge in [0.1, 0.15) is 0 Å². The maximum absolute atomic E-state index is 9.32. The molecule has 1 heterocycles. The Kier molecular flexibility index (Phi) is 1.93. The van der Waals surface area contributed by atoms with Gasteiger partial charge in [0.05, 0.1) is 0 Å². The normalized spacial score (nSPS) is 34.1. The van der Waals surface area contributed by atoms with Gasteiger partial charge in [-0.1, -0.05) is 26.8 Å². The van der Waals surface area contributed by atoms with Gasteiger partial charge < -0.3 is 5.11 Å². The van der Waals surface area contributed by atoms with E-state index in [2.05, 4.69) is 31.8 Å². The van der Waals surface area contributed by atoms with E-state index in [0.717, 1.165) is 0 Å². The molecule has 0 spiro atoms. The van der Waals surface area contributed by atoms with E-state index in [1.54, 1.807) is 6.20 Å². The average Bonchev–Trinajstić information content (AvgIpc) is 2.63. The molecule has 0 aliphatic heterocycles. The minimum Gasteiger partial charge on any atom is -0.396 e. The molecule has 2 atom stereocenters. The van der Waals surface area contributed by atoms with E-state index in [-0.39, 0.29) is 17.4 Å². The van der Waals surface area contributed by atoms with Gasteiger partial charge in [-0.2, -0.15) is 0 Å². The van der Waals surface area contributed by atoms with Crippen molar-refractivity contribution in [2.24, 2.45) is 11.3 Å². The van der Waals surface area contributed by atoms with Crippen molar-refractivity contribution in [2.75, 3.05) is 6.61 Å². The number of pyridine rings is 1. The fourth-order valence-electron chi connectivity index (χ4n) is 2.76. The zero-order chi connectivity index (χ0) is 10.4. The number of hydrogen-bond acceptors (Lipinski definition) is 2. The number of hydrogen-bond donors (Lipinski definition) is 1.